The largest absolute Gasteiger partial charge is 0.299 e. The van der Waals surface area contributed by atoms with Gasteiger partial charge in [0, 0.05) is 16.6 Å². The lowest BCUT2D eigenvalue weighted by atomic mass is 9.82. The molecule has 0 saturated carbocycles. The first-order chi connectivity index (χ1) is 8.52. The molecule has 1 saturated heterocycles. The topological polar surface area (TPSA) is 27.0 Å². The molecule has 0 amide bonds. The molecule has 0 atom stereocenters. The van der Waals surface area contributed by atoms with E-state index in [9.17, 15) is 0 Å². The summed E-state index contributed by atoms with van der Waals surface area (Å²) in [6.07, 6.45) is 1.84. The fourth-order valence-corrected chi connectivity index (χ4v) is 2.59. The molecule has 0 radical (unpaired) electrons. The minimum Gasteiger partial charge on any atom is -0.299 e. The molecule has 0 unspecified atom stereocenters. The van der Waals surface area contributed by atoms with E-state index in [1.807, 2.05) is 19.1 Å². The molecular formula is C14H16Cl2N2. The lowest BCUT2D eigenvalue weighted by molar-refractivity contribution is 0.150. The van der Waals surface area contributed by atoms with Crippen LogP contribution in [0.3, 0.4) is 0 Å². The van der Waals surface area contributed by atoms with Gasteiger partial charge in [0.2, 0.25) is 0 Å². The van der Waals surface area contributed by atoms with Crippen molar-refractivity contribution in [2.75, 3.05) is 13.1 Å². The second-order valence-electron chi connectivity index (χ2n) is 5.18. The molecule has 4 heteroatoms. The van der Waals surface area contributed by atoms with Crippen LogP contribution in [-0.2, 0) is 6.54 Å². The highest BCUT2D eigenvalue weighted by molar-refractivity contribution is 6.33. The first-order valence-electron chi connectivity index (χ1n) is 6.10. The maximum Gasteiger partial charge on any atom is 0.0687 e. The molecular weight excluding hydrogens is 267 g/mol. The molecule has 0 spiro atoms. The predicted octanol–water partition coefficient (Wildman–Crippen LogP) is 4.12. The van der Waals surface area contributed by atoms with Gasteiger partial charge in [-0.25, -0.2) is 0 Å². The standard InChI is InChI=1S/C14H16Cl2N2/c1-14(10-17)4-6-18(7-5-14)9-11-8-12(15)2-3-13(11)16/h2-3,8H,4-7,9H2,1H3. The molecule has 1 heterocycles. The van der Waals surface area contributed by atoms with Gasteiger partial charge in [-0.1, -0.05) is 23.2 Å². The Bertz CT molecular complexity index is 471. The van der Waals surface area contributed by atoms with E-state index in [4.69, 9.17) is 28.5 Å². The van der Waals surface area contributed by atoms with Gasteiger partial charge in [0.25, 0.3) is 0 Å². The summed E-state index contributed by atoms with van der Waals surface area (Å²) in [7, 11) is 0. The van der Waals surface area contributed by atoms with Crippen molar-refractivity contribution in [1.82, 2.24) is 4.90 Å². The number of nitrogens with zero attached hydrogens (tertiary/aromatic N) is 2. The van der Waals surface area contributed by atoms with Crippen molar-refractivity contribution in [3.8, 4) is 6.07 Å². The first-order valence-corrected chi connectivity index (χ1v) is 6.85. The fraction of sp³-hybridized carbons (Fsp3) is 0.500. The molecule has 1 aliphatic heterocycles. The van der Waals surface area contributed by atoms with E-state index >= 15 is 0 Å². The van der Waals surface area contributed by atoms with Crippen molar-refractivity contribution in [1.29, 1.82) is 5.26 Å². The van der Waals surface area contributed by atoms with Crippen molar-refractivity contribution < 1.29 is 0 Å². The summed E-state index contributed by atoms with van der Waals surface area (Å²) in [5.74, 6) is 0. The van der Waals surface area contributed by atoms with Gasteiger partial charge in [0.1, 0.15) is 0 Å². The Balaban J connectivity index is 2.00. The highest BCUT2D eigenvalue weighted by Crippen LogP contribution is 2.31. The Kier molecular flexibility index (Phi) is 4.17. The summed E-state index contributed by atoms with van der Waals surface area (Å²) in [6.45, 7) is 4.72. The van der Waals surface area contributed by atoms with Gasteiger partial charge in [-0.2, -0.15) is 5.26 Å². The second-order valence-corrected chi connectivity index (χ2v) is 6.03. The van der Waals surface area contributed by atoms with E-state index in [1.54, 1.807) is 6.07 Å². The summed E-state index contributed by atoms with van der Waals surface area (Å²) >= 11 is 12.1. The normalized spacial score (nSPS) is 19.4. The van der Waals surface area contributed by atoms with Gasteiger partial charge in [0.05, 0.1) is 11.5 Å². The van der Waals surface area contributed by atoms with E-state index in [0.717, 1.165) is 43.1 Å². The molecule has 1 aromatic carbocycles. The number of benzene rings is 1. The van der Waals surface area contributed by atoms with Crippen LogP contribution < -0.4 is 0 Å². The molecule has 0 aromatic heterocycles. The highest BCUT2D eigenvalue weighted by atomic mass is 35.5. The molecule has 2 rings (SSSR count). The Hall–Kier alpha value is -0.750. The molecule has 2 nitrogen and oxygen atoms in total. The van der Waals surface area contributed by atoms with Crippen LogP contribution in [0.1, 0.15) is 25.3 Å². The van der Waals surface area contributed by atoms with Gasteiger partial charge in [-0.15, -0.1) is 0 Å². The maximum atomic E-state index is 9.10. The van der Waals surface area contributed by atoms with Crippen molar-refractivity contribution in [2.24, 2.45) is 5.41 Å². The number of likely N-dealkylation sites (tertiary alicyclic amines) is 1. The lowest BCUT2D eigenvalue weighted by Crippen LogP contribution is -2.37. The molecule has 18 heavy (non-hydrogen) atoms. The summed E-state index contributed by atoms with van der Waals surface area (Å²) in [5.41, 5.74) is 0.902. The van der Waals surface area contributed by atoms with Crippen LogP contribution in [-0.4, -0.2) is 18.0 Å². The van der Waals surface area contributed by atoms with E-state index in [0.29, 0.717) is 5.02 Å². The second kappa shape index (κ2) is 5.48. The number of hydrogen-bond acceptors (Lipinski definition) is 2. The highest BCUT2D eigenvalue weighted by Gasteiger charge is 2.29. The van der Waals surface area contributed by atoms with Gasteiger partial charge >= 0.3 is 0 Å². The Morgan fingerprint density at radius 1 is 1.33 bits per heavy atom. The summed E-state index contributed by atoms with van der Waals surface area (Å²) in [5, 5.41) is 10.6. The Labute approximate surface area is 118 Å². The van der Waals surface area contributed by atoms with E-state index in [-0.39, 0.29) is 5.41 Å². The average Bonchev–Trinajstić information content (AvgIpc) is 2.37. The van der Waals surface area contributed by atoms with Crippen LogP contribution in [0, 0.1) is 16.7 Å². The molecule has 0 bridgehead atoms. The minimum absolute atomic E-state index is 0.158. The quantitative estimate of drug-likeness (QED) is 0.816. The molecule has 1 aliphatic rings. The Morgan fingerprint density at radius 3 is 2.61 bits per heavy atom. The first kappa shape index (κ1) is 13.7. The molecule has 96 valence electrons. The van der Waals surface area contributed by atoms with E-state index in [2.05, 4.69) is 11.0 Å². The van der Waals surface area contributed by atoms with Gasteiger partial charge < -0.3 is 0 Å². The smallest absolute Gasteiger partial charge is 0.0687 e. The van der Waals surface area contributed by atoms with Gasteiger partial charge in [0.15, 0.2) is 0 Å². The third-order valence-electron chi connectivity index (χ3n) is 3.63. The number of piperidine rings is 1. The molecule has 1 aromatic rings. The summed E-state index contributed by atoms with van der Waals surface area (Å²) < 4.78 is 0. The minimum atomic E-state index is -0.158. The monoisotopic (exact) mass is 282 g/mol. The van der Waals surface area contributed by atoms with Crippen molar-refractivity contribution >= 4 is 23.2 Å². The van der Waals surface area contributed by atoms with E-state index in [1.165, 1.54) is 0 Å². The zero-order valence-electron chi connectivity index (χ0n) is 10.4. The van der Waals surface area contributed by atoms with Crippen LogP contribution in [0.4, 0.5) is 0 Å². The van der Waals surface area contributed by atoms with Crippen molar-refractivity contribution in [2.45, 2.75) is 26.3 Å². The van der Waals surface area contributed by atoms with Crippen LogP contribution >= 0.6 is 23.2 Å². The van der Waals surface area contributed by atoms with Crippen LogP contribution in [0.15, 0.2) is 18.2 Å². The average molecular weight is 283 g/mol. The van der Waals surface area contributed by atoms with Crippen LogP contribution in [0.25, 0.3) is 0 Å². The van der Waals surface area contributed by atoms with Gasteiger partial charge in [-0.3, -0.25) is 4.90 Å². The zero-order valence-corrected chi connectivity index (χ0v) is 11.9. The summed E-state index contributed by atoms with van der Waals surface area (Å²) in [6, 6.07) is 7.97. The number of hydrogen-bond donors (Lipinski definition) is 0. The number of halogens is 2. The third kappa shape index (κ3) is 3.17. The van der Waals surface area contributed by atoms with Crippen molar-refractivity contribution in [3.05, 3.63) is 33.8 Å². The number of nitriles is 1. The third-order valence-corrected chi connectivity index (χ3v) is 4.24. The zero-order chi connectivity index (χ0) is 13.2. The lowest BCUT2D eigenvalue weighted by Gasteiger charge is -2.35. The van der Waals surface area contributed by atoms with Crippen LogP contribution in [0.5, 0.6) is 0 Å². The SMILES string of the molecule is CC1(C#N)CCN(Cc2cc(Cl)ccc2Cl)CC1. The van der Waals surface area contributed by atoms with Crippen molar-refractivity contribution in [3.63, 3.8) is 0 Å². The fourth-order valence-electron chi connectivity index (χ4n) is 2.22. The maximum absolute atomic E-state index is 9.10. The van der Waals surface area contributed by atoms with Gasteiger partial charge in [-0.05, 0) is 56.6 Å². The van der Waals surface area contributed by atoms with Crippen LogP contribution in [0.2, 0.25) is 10.0 Å². The predicted molar refractivity (Wildman–Crippen MR) is 74.7 cm³/mol. The molecule has 0 aliphatic carbocycles. The molecule has 0 N–H and O–H groups in total. The Morgan fingerprint density at radius 2 is 2.00 bits per heavy atom. The van der Waals surface area contributed by atoms with E-state index < -0.39 is 0 Å². The molecule has 1 fully saturated rings. The number of rotatable bonds is 2. The summed E-state index contributed by atoms with van der Waals surface area (Å²) in [4.78, 5) is 2.33.